The number of hydrogen-bond donors (Lipinski definition) is 2. The van der Waals surface area contributed by atoms with Crippen LogP contribution < -0.4 is 0 Å². The summed E-state index contributed by atoms with van der Waals surface area (Å²) in [6.07, 6.45) is 2.77. The van der Waals surface area contributed by atoms with Crippen LogP contribution in [-0.4, -0.2) is 32.3 Å². The molecule has 0 aromatic rings. The molecule has 2 heterocycles. The Morgan fingerprint density at radius 2 is 2.07 bits per heavy atom. The molecular weight excluding hydrogens is 180 g/mol. The van der Waals surface area contributed by atoms with Crippen LogP contribution in [0.1, 0.15) is 40.0 Å². The Hall–Kier alpha value is -0.610. The van der Waals surface area contributed by atoms with Crippen LogP contribution in [0.15, 0.2) is 5.16 Å². The third kappa shape index (κ3) is 0.982. The smallest absolute Gasteiger partial charge is 0.0851 e. The van der Waals surface area contributed by atoms with E-state index < -0.39 is 5.54 Å². The maximum Gasteiger partial charge on any atom is 0.0851 e. The van der Waals surface area contributed by atoms with Crippen LogP contribution in [0, 0.1) is 5.92 Å². The van der Waals surface area contributed by atoms with E-state index in [2.05, 4.69) is 5.16 Å². The van der Waals surface area contributed by atoms with Crippen molar-refractivity contribution in [3.05, 3.63) is 0 Å². The minimum Gasteiger partial charge on any atom is -0.411 e. The lowest BCUT2D eigenvalue weighted by atomic mass is 9.63. The van der Waals surface area contributed by atoms with Gasteiger partial charge in [-0.15, -0.1) is 0 Å². The van der Waals surface area contributed by atoms with Gasteiger partial charge < -0.3 is 10.4 Å². The standard InChI is InChI=1S/C10H18N2O2/c1-9(2)7-4-5-10(3,12(9)14)8(6-7)11-13/h7,13-14H,4-6H2,1-3H3/b11-8-/t7-,10+/m0/s1. The average molecular weight is 198 g/mol. The molecule has 1 saturated carbocycles. The second-order valence-corrected chi connectivity index (χ2v) is 5.23. The van der Waals surface area contributed by atoms with Gasteiger partial charge in [-0.2, -0.15) is 5.06 Å². The monoisotopic (exact) mass is 198 g/mol. The highest BCUT2D eigenvalue weighted by atomic mass is 16.5. The molecule has 2 bridgehead atoms. The molecule has 80 valence electrons. The summed E-state index contributed by atoms with van der Waals surface area (Å²) in [6.45, 7) is 6.03. The van der Waals surface area contributed by atoms with E-state index in [9.17, 15) is 5.21 Å². The maximum absolute atomic E-state index is 10.1. The largest absolute Gasteiger partial charge is 0.411 e. The first-order chi connectivity index (χ1) is 6.43. The van der Waals surface area contributed by atoms with E-state index in [0.717, 1.165) is 25.0 Å². The molecule has 3 rings (SSSR count). The van der Waals surface area contributed by atoms with Crippen molar-refractivity contribution in [2.75, 3.05) is 0 Å². The van der Waals surface area contributed by atoms with E-state index in [1.807, 2.05) is 20.8 Å². The molecule has 2 saturated heterocycles. The molecule has 0 aromatic heterocycles. The molecule has 1 aliphatic carbocycles. The van der Waals surface area contributed by atoms with E-state index in [0.29, 0.717) is 5.92 Å². The summed E-state index contributed by atoms with van der Waals surface area (Å²) in [5.41, 5.74) is 0.0457. The van der Waals surface area contributed by atoms with Crippen molar-refractivity contribution in [3.8, 4) is 0 Å². The van der Waals surface area contributed by atoms with Gasteiger partial charge in [-0.25, -0.2) is 0 Å². The summed E-state index contributed by atoms with van der Waals surface area (Å²) in [6, 6.07) is 0. The molecule has 2 N–H and O–H groups in total. The molecular formula is C10H18N2O2. The number of nitrogens with zero attached hydrogens (tertiary/aromatic N) is 2. The van der Waals surface area contributed by atoms with E-state index in [-0.39, 0.29) is 5.54 Å². The SMILES string of the molecule is CC1(C)[C@H]2CC[C@](C)(/C(=N\O)C2)N1O. The molecule has 4 nitrogen and oxygen atoms in total. The van der Waals surface area contributed by atoms with Crippen LogP contribution in [0.4, 0.5) is 0 Å². The van der Waals surface area contributed by atoms with Crippen molar-refractivity contribution in [1.82, 2.24) is 5.06 Å². The summed E-state index contributed by atoms with van der Waals surface area (Å²) in [5, 5.41) is 23.8. The molecule has 0 amide bonds. The van der Waals surface area contributed by atoms with Crippen molar-refractivity contribution < 1.29 is 10.4 Å². The summed E-state index contributed by atoms with van der Waals surface area (Å²) in [4.78, 5) is 0. The Balaban J connectivity index is 2.44. The Kier molecular flexibility index (Phi) is 1.92. The Morgan fingerprint density at radius 1 is 1.43 bits per heavy atom. The van der Waals surface area contributed by atoms with Crippen LogP contribution in [-0.2, 0) is 0 Å². The van der Waals surface area contributed by atoms with Crippen molar-refractivity contribution in [2.24, 2.45) is 11.1 Å². The lowest BCUT2D eigenvalue weighted by Crippen LogP contribution is -2.69. The fourth-order valence-electron chi connectivity index (χ4n) is 2.94. The Labute approximate surface area is 84.2 Å². The average Bonchev–Trinajstić information content (AvgIpc) is 2.14. The second-order valence-electron chi connectivity index (χ2n) is 5.23. The lowest BCUT2D eigenvalue weighted by Gasteiger charge is -2.59. The summed E-state index contributed by atoms with van der Waals surface area (Å²) in [7, 11) is 0. The van der Waals surface area contributed by atoms with Crippen LogP contribution in [0.2, 0.25) is 0 Å². The molecule has 3 aliphatic rings. The van der Waals surface area contributed by atoms with Gasteiger partial charge in [0.1, 0.15) is 0 Å². The topological polar surface area (TPSA) is 56.1 Å². The number of fused-ring (bicyclic) bond motifs is 3. The lowest BCUT2D eigenvalue weighted by molar-refractivity contribution is -0.253. The summed E-state index contributed by atoms with van der Waals surface area (Å²) < 4.78 is 0. The fraction of sp³-hybridized carbons (Fsp3) is 0.900. The van der Waals surface area contributed by atoms with Gasteiger partial charge in [0, 0.05) is 5.54 Å². The molecule has 4 heteroatoms. The fourth-order valence-corrected chi connectivity index (χ4v) is 2.94. The molecule has 14 heavy (non-hydrogen) atoms. The van der Waals surface area contributed by atoms with Gasteiger partial charge in [0.2, 0.25) is 0 Å². The first-order valence-electron chi connectivity index (χ1n) is 5.13. The molecule has 2 aliphatic heterocycles. The van der Waals surface area contributed by atoms with Gasteiger partial charge in [-0.05, 0) is 46.0 Å². The second kappa shape index (κ2) is 2.70. The van der Waals surface area contributed by atoms with E-state index in [1.165, 1.54) is 5.06 Å². The first-order valence-corrected chi connectivity index (χ1v) is 5.13. The molecule has 0 unspecified atom stereocenters. The van der Waals surface area contributed by atoms with Gasteiger partial charge in [0.05, 0.1) is 11.3 Å². The first kappa shape index (κ1) is 9.93. The third-order valence-electron chi connectivity index (χ3n) is 4.17. The Morgan fingerprint density at radius 3 is 2.64 bits per heavy atom. The number of hydroxylamine groups is 2. The van der Waals surface area contributed by atoms with Crippen LogP contribution >= 0.6 is 0 Å². The van der Waals surface area contributed by atoms with Crippen LogP contribution in [0.25, 0.3) is 0 Å². The van der Waals surface area contributed by atoms with Crippen LogP contribution in [0.5, 0.6) is 0 Å². The van der Waals surface area contributed by atoms with Gasteiger partial charge in [-0.3, -0.25) is 0 Å². The predicted octanol–water partition coefficient (Wildman–Crippen LogP) is 1.86. The molecule has 2 atom stereocenters. The van der Waals surface area contributed by atoms with Gasteiger partial charge in [0.15, 0.2) is 0 Å². The minimum absolute atomic E-state index is 0.207. The Bertz CT molecular complexity index is 288. The van der Waals surface area contributed by atoms with Crippen molar-refractivity contribution in [1.29, 1.82) is 0 Å². The van der Waals surface area contributed by atoms with Gasteiger partial charge in [0.25, 0.3) is 0 Å². The molecule has 0 spiro atoms. The highest BCUT2D eigenvalue weighted by Gasteiger charge is 2.57. The van der Waals surface area contributed by atoms with Crippen molar-refractivity contribution >= 4 is 5.71 Å². The minimum atomic E-state index is -0.465. The van der Waals surface area contributed by atoms with Gasteiger partial charge >= 0.3 is 0 Å². The zero-order valence-electron chi connectivity index (χ0n) is 8.99. The van der Waals surface area contributed by atoms with E-state index >= 15 is 0 Å². The zero-order chi connectivity index (χ0) is 10.6. The summed E-state index contributed by atoms with van der Waals surface area (Å²) >= 11 is 0. The summed E-state index contributed by atoms with van der Waals surface area (Å²) in [5.74, 6) is 0.389. The number of oxime groups is 1. The highest BCUT2D eigenvalue weighted by Crippen LogP contribution is 2.49. The maximum atomic E-state index is 10.1. The molecule has 0 radical (unpaired) electrons. The predicted molar refractivity (Wildman–Crippen MR) is 52.7 cm³/mol. The van der Waals surface area contributed by atoms with Gasteiger partial charge in [-0.1, -0.05) is 5.16 Å². The quantitative estimate of drug-likeness (QED) is 0.461. The third-order valence-corrected chi connectivity index (χ3v) is 4.17. The van der Waals surface area contributed by atoms with Crippen LogP contribution in [0.3, 0.4) is 0 Å². The number of rotatable bonds is 0. The number of hydrogen-bond acceptors (Lipinski definition) is 4. The molecule has 3 fully saturated rings. The van der Waals surface area contributed by atoms with E-state index in [1.54, 1.807) is 0 Å². The van der Waals surface area contributed by atoms with E-state index in [4.69, 9.17) is 5.21 Å². The molecule has 0 aromatic carbocycles. The zero-order valence-corrected chi connectivity index (χ0v) is 8.99. The number of piperidine rings is 2. The van der Waals surface area contributed by atoms with Crippen molar-refractivity contribution in [3.63, 3.8) is 0 Å². The highest BCUT2D eigenvalue weighted by molar-refractivity contribution is 5.94. The normalized spacial score (nSPS) is 44.6. The van der Waals surface area contributed by atoms with Crippen molar-refractivity contribution in [2.45, 2.75) is 51.1 Å².